The topological polar surface area (TPSA) is 231 Å². The van der Waals surface area contributed by atoms with Crippen molar-refractivity contribution in [2.75, 3.05) is 5.32 Å². The van der Waals surface area contributed by atoms with E-state index in [1.807, 2.05) is 0 Å². The molecule has 0 fully saturated rings. The van der Waals surface area contributed by atoms with Crippen molar-refractivity contribution in [2.24, 2.45) is 10.9 Å². The number of para-hydroxylation sites is 1. The van der Waals surface area contributed by atoms with Crippen LogP contribution in [0.25, 0.3) is 0 Å². The maximum Gasteiger partial charge on any atom is 0.437 e. The molecule has 0 saturated carbocycles. The predicted octanol–water partition coefficient (Wildman–Crippen LogP) is 3.88. The Morgan fingerprint density at radius 1 is 1.07 bits per heavy atom. The molecule has 2 aromatic rings. The van der Waals surface area contributed by atoms with Crippen LogP contribution in [0.15, 0.2) is 29.3 Å². The predicted molar refractivity (Wildman–Crippen MR) is 150 cm³/mol. The highest BCUT2D eigenvalue weighted by atomic mass is 31.1. The third-order valence-corrected chi connectivity index (χ3v) is 5.69. The van der Waals surface area contributed by atoms with Crippen molar-refractivity contribution in [2.45, 2.75) is 78.9 Å². The number of rotatable bonds is 8. The first-order valence-electron chi connectivity index (χ1n) is 12.7. The molecule has 3 atom stereocenters. The van der Waals surface area contributed by atoms with Crippen molar-refractivity contribution in [1.29, 1.82) is 0 Å². The second-order valence-corrected chi connectivity index (χ2v) is 12.2. The Morgan fingerprint density at radius 3 is 2.19 bits per heavy atom. The standard InChI is InChI=1S/C24H37N8O9P/c1-13(2)18(32(22(35)36)42(37)38)39-16(17-28-30-31-29-17)14-11-9-10-12-15(14)25-19(26-20(33)40-23(3,4)5)27-21(34)41-24(6,7)8/h9-13,16,18,42H,1-8H3,(H,35,36)(H,37,38)(H,28,29,30,31)(H2,25,26,27,33,34). The molecule has 232 valence electrons. The number of hydrogen-bond acceptors (Lipinski definition) is 10. The molecule has 5 N–H and O–H groups in total. The minimum atomic E-state index is -3.75. The molecule has 0 spiro atoms. The Hall–Kier alpha value is -4.08. The van der Waals surface area contributed by atoms with E-state index >= 15 is 0 Å². The van der Waals surface area contributed by atoms with Gasteiger partial charge in [0, 0.05) is 11.3 Å². The summed E-state index contributed by atoms with van der Waals surface area (Å²) in [6.45, 7) is 13.1. The minimum Gasteiger partial charge on any atom is -0.465 e. The second-order valence-electron chi connectivity index (χ2n) is 11.2. The van der Waals surface area contributed by atoms with E-state index in [2.05, 4.69) is 36.3 Å². The van der Waals surface area contributed by atoms with Gasteiger partial charge in [0.1, 0.15) is 23.5 Å². The van der Waals surface area contributed by atoms with Crippen molar-refractivity contribution in [3.8, 4) is 0 Å². The summed E-state index contributed by atoms with van der Waals surface area (Å²) in [5.41, 5.74) is -1.27. The zero-order chi connectivity index (χ0) is 31.8. The fourth-order valence-electron chi connectivity index (χ4n) is 3.35. The molecular weight excluding hydrogens is 575 g/mol. The van der Waals surface area contributed by atoms with E-state index in [0.717, 1.165) is 0 Å². The smallest absolute Gasteiger partial charge is 0.437 e. The van der Waals surface area contributed by atoms with Crippen LogP contribution in [0, 0.1) is 5.92 Å². The van der Waals surface area contributed by atoms with Gasteiger partial charge < -0.3 is 29.5 Å². The molecule has 2 rings (SSSR count). The van der Waals surface area contributed by atoms with Gasteiger partial charge in [-0.05, 0) is 64.0 Å². The summed E-state index contributed by atoms with van der Waals surface area (Å²) >= 11 is 0. The number of anilines is 1. The number of benzene rings is 1. The number of hydrogen-bond donors (Lipinski definition) is 5. The van der Waals surface area contributed by atoms with Crippen molar-refractivity contribution in [3.05, 3.63) is 35.7 Å². The summed E-state index contributed by atoms with van der Waals surface area (Å²) in [7, 11) is -3.75. The zero-order valence-electron chi connectivity index (χ0n) is 24.5. The number of carboxylic acid groups (broad SMARTS) is 1. The monoisotopic (exact) mass is 612 g/mol. The molecule has 3 unspecified atom stereocenters. The summed E-state index contributed by atoms with van der Waals surface area (Å²) in [6.07, 6.45) is -6.28. The lowest BCUT2D eigenvalue weighted by Gasteiger charge is -2.33. The lowest BCUT2D eigenvalue weighted by atomic mass is 10.1. The van der Waals surface area contributed by atoms with Gasteiger partial charge in [-0.2, -0.15) is 0 Å². The number of ether oxygens (including phenoxy) is 3. The lowest BCUT2D eigenvalue weighted by molar-refractivity contribution is -0.0758. The number of aromatic amines is 1. The van der Waals surface area contributed by atoms with E-state index in [9.17, 15) is 28.9 Å². The van der Waals surface area contributed by atoms with Crippen molar-refractivity contribution >= 4 is 38.1 Å². The SMILES string of the molecule is CC(C)C(OC(c1nnn[nH]1)c1ccccc1NC(=NC(=O)OC(C)(C)C)NC(=O)OC(C)(C)C)N(C(=O)O)[PH](=O)O. The molecule has 0 aliphatic carbocycles. The molecule has 3 amide bonds. The van der Waals surface area contributed by atoms with E-state index in [1.165, 1.54) is 0 Å². The fourth-order valence-corrected chi connectivity index (χ4v) is 4.09. The van der Waals surface area contributed by atoms with Gasteiger partial charge in [0.25, 0.3) is 8.18 Å². The molecule has 0 radical (unpaired) electrons. The highest BCUT2D eigenvalue weighted by molar-refractivity contribution is 7.36. The minimum absolute atomic E-state index is 0.0172. The molecule has 42 heavy (non-hydrogen) atoms. The van der Waals surface area contributed by atoms with Crippen molar-refractivity contribution in [1.82, 2.24) is 30.6 Å². The van der Waals surface area contributed by atoms with Crippen LogP contribution in [0.4, 0.5) is 20.1 Å². The van der Waals surface area contributed by atoms with Gasteiger partial charge in [0.2, 0.25) is 5.96 Å². The Labute approximate surface area is 242 Å². The third-order valence-electron chi connectivity index (χ3n) is 4.83. The zero-order valence-corrected chi connectivity index (χ0v) is 25.5. The Morgan fingerprint density at radius 2 is 1.69 bits per heavy atom. The number of alkyl carbamates (subject to hydrolysis) is 1. The van der Waals surface area contributed by atoms with E-state index in [1.54, 1.807) is 79.7 Å². The van der Waals surface area contributed by atoms with E-state index < -0.39 is 55.9 Å². The maximum atomic E-state index is 12.6. The second kappa shape index (κ2) is 14.2. The molecule has 18 heteroatoms. The molecular formula is C24H37N8O9P. The summed E-state index contributed by atoms with van der Waals surface area (Å²) in [5, 5.41) is 28.4. The molecule has 0 saturated heterocycles. The molecule has 1 aromatic carbocycles. The van der Waals surface area contributed by atoms with Crippen LogP contribution < -0.4 is 10.6 Å². The number of carbonyl (C=O) groups excluding carboxylic acids is 2. The lowest BCUT2D eigenvalue weighted by Crippen LogP contribution is -2.41. The van der Waals surface area contributed by atoms with Gasteiger partial charge in [0.15, 0.2) is 5.82 Å². The largest absolute Gasteiger partial charge is 0.465 e. The molecule has 0 aliphatic heterocycles. The Balaban J connectivity index is 2.59. The van der Waals surface area contributed by atoms with Crippen molar-refractivity contribution < 1.29 is 43.2 Å². The van der Waals surface area contributed by atoms with Crippen LogP contribution >= 0.6 is 8.18 Å². The molecule has 1 heterocycles. The van der Waals surface area contributed by atoms with Crippen LogP contribution in [-0.2, 0) is 18.8 Å². The first kappa shape index (κ1) is 34.1. The Kier molecular flexibility index (Phi) is 11.5. The van der Waals surface area contributed by atoms with Crippen LogP contribution in [0.2, 0.25) is 0 Å². The fraction of sp³-hybridized carbons (Fsp3) is 0.542. The number of carbonyl (C=O) groups is 3. The normalized spacial score (nSPS) is 14.5. The van der Waals surface area contributed by atoms with Crippen LogP contribution in [0.5, 0.6) is 0 Å². The summed E-state index contributed by atoms with van der Waals surface area (Å²) in [6, 6.07) is 6.36. The average molecular weight is 613 g/mol. The van der Waals surface area contributed by atoms with Crippen LogP contribution in [0.3, 0.4) is 0 Å². The molecule has 0 bridgehead atoms. The van der Waals surface area contributed by atoms with Gasteiger partial charge in [-0.1, -0.05) is 32.0 Å². The quantitative estimate of drug-likeness (QED) is 0.123. The highest BCUT2D eigenvalue weighted by Gasteiger charge is 2.35. The van der Waals surface area contributed by atoms with Gasteiger partial charge in [0.05, 0.1) is 0 Å². The third kappa shape index (κ3) is 10.7. The van der Waals surface area contributed by atoms with E-state index in [-0.39, 0.29) is 23.0 Å². The van der Waals surface area contributed by atoms with Crippen LogP contribution in [-0.4, -0.2) is 77.0 Å². The number of tetrazole rings is 1. The molecule has 0 aliphatic rings. The average Bonchev–Trinajstić information content (AvgIpc) is 3.33. The van der Waals surface area contributed by atoms with Gasteiger partial charge >= 0.3 is 18.3 Å². The molecule has 17 nitrogen and oxygen atoms in total. The first-order chi connectivity index (χ1) is 19.4. The van der Waals surface area contributed by atoms with Gasteiger partial charge in [-0.25, -0.2) is 24.2 Å². The number of aromatic nitrogens is 4. The first-order valence-corrected chi connectivity index (χ1v) is 14.0. The summed E-state index contributed by atoms with van der Waals surface area (Å²) in [5.74, 6) is -0.948. The number of aliphatic imine (C=N–C) groups is 1. The van der Waals surface area contributed by atoms with Crippen molar-refractivity contribution in [3.63, 3.8) is 0 Å². The maximum absolute atomic E-state index is 12.6. The number of nitrogens with zero attached hydrogens (tertiary/aromatic N) is 5. The summed E-state index contributed by atoms with van der Waals surface area (Å²) in [4.78, 5) is 50.6. The van der Waals surface area contributed by atoms with Gasteiger partial charge in [-0.15, -0.1) is 10.1 Å². The molecule has 1 aromatic heterocycles. The number of amides is 3. The van der Waals surface area contributed by atoms with E-state index in [0.29, 0.717) is 4.67 Å². The number of guanidine groups is 1. The van der Waals surface area contributed by atoms with Gasteiger partial charge in [-0.3, -0.25) is 9.88 Å². The summed E-state index contributed by atoms with van der Waals surface area (Å²) < 4.78 is 28.9. The van der Waals surface area contributed by atoms with Crippen LogP contribution in [0.1, 0.15) is 72.9 Å². The highest BCUT2D eigenvalue weighted by Crippen LogP contribution is 2.36. The number of H-pyrrole nitrogens is 1. The number of nitrogens with one attached hydrogen (secondary N) is 3. The Bertz CT molecular complexity index is 1280. The van der Waals surface area contributed by atoms with E-state index in [4.69, 9.17) is 14.2 Å².